The van der Waals surface area contributed by atoms with Crippen LogP contribution in [0.2, 0.25) is 0 Å². The monoisotopic (exact) mass is 400 g/mol. The van der Waals surface area contributed by atoms with E-state index in [1.165, 1.54) is 0 Å². The Hall–Kier alpha value is -3.61. The number of anilines is 2. The minimum Gasteiger partial charge on any atom is -0.497 e. The Kier molecular flexibility index (Phi) is 4.93. The predicted molar refractivity (Wildman–Crippen MR) is 118 cm³/mol. The molecular weight excluding hydrogens is 376 g/mol. The van der Waals surface area contributed by atoms with Crippen LogP contribution in [0.4, 0.5) is 11.5 Å². The minimum atomic E-state index is 0.395. The molecule has 1 fully saturated rings. The molecule has 0 spiro atoms. The number of fused-ring (bicyclic) bond motifs is 1. The van der Waals surface area contributed by atoms with Crippen LogP contribution in [0.15, 0.2) is 67.1 Å². The summed E-state index contributed by atoms with van der Waals surface area (Å²) in [6.45, 7) is 2.52. The van der Waals surface area contributed by atoms with Gasteiger partial charge in [-0.2, -0.15) is 5.10 Å². The molecule has 1 aliphatic heterocycles. The summed E-state index contributed by atoms with van der Waals surface area (Å²) in [6.07, 6.45) is 4.59. The number of ether oxygens (including phenoxy) is 1. The van der Waals surface area contributed by atoms with Crippen molar-refractivity contribution >= 4 is 22.5 Å². The van der Waals surface area contributed by atoms with Crippen molar-refractivity contribution in [2.45, 2.75) is 19.0 Å². The van der Waals surface area contributed by atoms with Crippen molar-refractivity contribution in [3.63, 3.8) is 0 Å². The highest BCUT2D eigenvalue weighted by Crippen LogP contribution is 2.27. The van der Waals surface area contributed by atoms with Crippen molar-refractivity contribution in [3.8, 4) is 5.75 Å². The number of hydrogen-bond donors (Lipinski definition) is 1. The van der Waals surface area contributed by atoms with Crippen LogP contribution >= 0.6 is 0 Å². The van der Waals surface area contributed by atoms with E-state index in [4.69, 9.17) is 4.74 Å². The van der Waals surface area contributed by atoms with Crippen LogP contribution in [0.5, 0.6) is 5.75 Å². The molecule has 0 amide bonds. The lowest BCUT2D eigenvalue weighted by atomic mass is 10.2. The molecule has 0 aliphatic carbocycles. The quantitative estimate of drug-likeness (QED) is 0.534. The number of para-hydroxylation sites is 1. The third kappa shape index (κ3) is 3.66. The highest BCUT2D eigenvalue weighted by molar-refractivity contribution is 5.87. The predicted octanol–water partition coefficient (Wildman–Crippen LogP) is 3.57. The molecule has 5 rings (SSSR count). The largest absolute Gasteiger partial charge is 0.497 e. The first-order valence-corrected chi connectivity index (χ1v) is 10.2. The van der Waals surface area contributed by atoms with Gasteiger partial charge in [-0.15, -0.1) is 0 Å². The minimum absolute atomic E-state index is 0.395. The Labute approximate surface area is 175 Å². The van der Waals surface area contributed by atoms with Gasteiger partial charge in [-0.25, -0.2) is 14.6 Å². The van der Waals surface area contributed by atoms with E-state index in [0.717, 1.165) is 53.4 Å². The van der Waals surface area contributed by atoms with E-state index in [9.17, 15) is 0 Å². The van der Waals surface area contributed by atoms with Gasteiger partial charge < -0.3 is 15.0 Å². The number of nitrogens with one attached hydrogen (secondary N) is 1. The number of nitrogens with zero attached hydrogens (tertiary/aromatic N) is 5. The molecule has 30 heavy (non-hydrogen) atoms. The summed E-state index contributed by atoms with van der Waals surface area (Å²) in [7, 11) is 1.67. The number of rotatable bonds is 6. The summed E-state index contributed by atoms with van der Waals surface area (Å²) in [5, 5.41) is 9.20. The fourth-order valence-corrected chi connectivity index (χ4v) is 3.99. The average Bonchev–Trinajstić information content (AvgIpc) is 3.42. The lowest BCUT2D eigenvalue weighted by molar-refractivity contribution is 0.414. The number of aromatic nitrogens is 4. The molecular formula is C23H24N6O. The maximum Gasteiger partial charge on any atom is 0.163 e. The molecule has 1 atom stereocenters. The number of benzene rings is 2. The van der Waals surface area contributed by atoms with Crippen LogP contribution in [-0.2, 0) is 6.54 Å². The van der Waals surface area contributed by atoms with E-state index in [1.807, 2.05) is 29.1 Å². The summed E-state index contributed by atoms with van der Waals surface area (Å²) >= 11 is 0. The van der Waals surface area contributed by atoms with Gasteiger partial charge in [-0.1, -0.05) is 30.3 Å². The standard InChI is InChI=1S/C23H24N6O/c1-30-20-9-7-17(8-10-20)14-29-23-21(13-26-29)22(24-16-25-23)28-12-11-19(15-28)27-18-5-3-2-4-6-18/h2-10,13,16,19,27H,11-12,14-15H2,1H3. The van der Waals surface area contributed by atoms with Crippen molar-refractivity contribution in [1.29, 1.82) is 0 Å². The van der Waals surface area contributed by atoms with Crippen LogP contribution in [0, 0.1) is 0 Å². The van der Waals surface area contributed by atoms with Crippen LogP contribution < -0.4 is 15.0 Å². The van der Waals surface area contributed by atoms with E-state index >= 15 is 0 Å². The Bertz CT molecular complexity index is 1130. The summed E-state index contributed by atoms with van der Waals surface area (Å²) in [5.41, 5.74) is 3.16. The fraction of sp³-hybridized carbons (Fsp3) is 0.261. The van der Waals surface area contributed by atoms with Gasteiger partial charge in [0.2, 0.25) is 0 Å². The molecule has 1 N–H and O–H groups in total. The Balaban J connectivity index is 1.34. The Morgan fingerprint density at radius 3 is 2.70 bits per heavy atom. The van der Waals surface area contributed by atoms with E-state index in [2.05, 4.69) is 61.7 Å². The van der Waals surface area contributed by atoms with Gasteiger partial charge in [-0.3, -0.25) is 0 Å². The Morgan fingerprint density at radius 1 is 1.07 bits per heavy atom. The van der Waals surface area contributed by atoms with Gasteiger partial charge >= 0.3 is 0 Å². The zero-order valence-corrected chi connectivity index (χ0v) is 16.9. The summed E-state index contributed by atoms with van der Waals surface area (Å²) < 4.78 is 7.17. The molecule has 7 heteroatoms. The molecule has 0 saturated carbocycles. The first-order chi connectivity index (χ1) is 14.8. The molecule has 1 unspecified atom stereocenters. The average molecular weight is 400 g/mol. The zero-order chi connectivity index (χ0) is 20.3. The first-order valence-electron chi connectivity index (χ1n) is 10.2. The molecule has 152 valence electrons. The number of hydrogen-bond acceptors (Lipinski definition) is 6. The summed E-state index contributed by atoms with van der Waals surface area (Å²) in [5.74, 6) is 1.81. The molecule has 7 nitrogen and oxygen atoms in total. The van der Waals surface area contributed by atoms with E-state index < -0.39 is 0 Å². The lowest BCUT2D eigenvalue weighted by Gasteiger charge is -2.19. The van der Waals surface area contributed by atoms with Gasteiger partial charge in [0.1, 0.15) is 17.9 Å². The molecule has 1 aliphatic rings. The SMILES string of the molecule is COc1ccc(Cn2ncc3c(N4CCC(Nc5ccccc5)C4)ncnc32)cc1. The highest BCUT2D eigenvalue weighted by Gasteiger charge is 2.25. The van der Waals surface area contributed by atoms with Crippen LogP contribution in [0.25, 0.3) is 11.0 Å². The van der Waals surface area contributed by atoms with Crippen LogP contribution in [0.3, 0.4) is 0 Å². The van der Waals surface area contributed by atoms with Crippen LogP contribution in [0.1, 0.15) is 12.0 Å². The van der Waals surface area contributed by atoms with Crippen LogP contribution in [-0.4, -0.2) is 46.0 Å². The van der Waals surface area contributed by atoms with E-state index in [0.29, 0.717) is 12.6 Å². The summed E-state index contributed by atoms with van der Waals surface area (Å²) in [4.78, 5) is 11.4. The summed E-state index contributed by atoms with van der Waals surface area (Å²) in [6, 6.07) is 18.8. The second-order valence-corrected chi connectivity index (χ2v) is 7.53. The van der Waals surface area contributed by atoms with Crippen molar-refractivity contribution in [2.24, 2.45) is 0 Å². The number of methoxy groups -OCH3 is 1. The van der Waals surface area contributed by atoms with Crippen molar-refractivity contribution in [3.05, 3.63) is 72.7 Å². The molecule has 1 saturated heterocycles. The van der Waals surface area contributed by atoms with Gasteiger partial charge in [0, 0.05) is 24.8 Å². The molecule has 0 radical (unpaired) electrons. The lowest BCUT2D eigenvalue weighted by Crippen LogP contribution is -2.26. The van der Waals surface area contributed by atoms with Gasteiger partial charge in [0.25, 0.3) is 0 Å². The molecule has 4 aromatic rings. The second kappa shape index (κ2) is 8.02. The fourth-order valence-electron chi connectivity index (χ4n) is 3.99. The maximum atomic E-state index is 5.24. The topological polar surface area (TPSA) is 68.1 Å². The zero-order valence-electron chi connectivity index (χ0n) is 16.9. The molecule has 2 aromatic carbocycles. The van der Waals surface area contributed by atoms with E-state index in [1.54, 1.807) is 13.4 Å². The van der Waals surface area contributed by atoms with Crippen molar-refractivity contribution < 1.29 is 4.74 Å². The normalized spacial score (nSPS) is 16.2. The maximum absolute atomic E-state index is 5.24. The molecule has 2 aromatic heterocycles. The molecule has 3 heterocycles. The van der Waals surface area contributed by atoms with Crippen molar-refractivity contribution in [2.75, 3.05) is 30.4 Å². The van der Waals surface area contributed by atoms with Gasteiger partial charge in [0.15, 0.2) is 5.65 Å². The first kappa shape index (κ1) is 18.4. The third-order valence-corrected chi connectivity index (χ3v) is 5.54. The molecule has 0 bridgehead atoms. The highest BCUT2D eigenvalue weighted by atomic mass is 16.5. The van der Waals surface area contributed by atoms with Gasteiger partial charge in [-0.05, 0) is 36.2 Å². The Morgan fingerprint density at radius 2 is 1.90 bits per heavy atom. The smallest absolute Gasteiger partial charge is 0.163 e. The van der Waals surface area contributed by atoms with Crippen molar-refractivity contribution in [1.82, 2.24) is 19.7 Å². The second-order valence-electron chi connectivity index (χ2n) is 7.53. The van der Waals surface area contributed by atoms with E-state index in [-0.39, 0.29) is 0 Å². The van der Waals surface area contributed by atoms with Gasteiger partial charge in [0.05, 0.1) is 25.2 Å². The third-order valence-electron chi connectivity index (χ3n) is 5.54.